The summed E-state index contributed by atoms with van der Waals surface area (Å²) < 4.78 is 0. The molecule has 1 rings (SSSR count). The average molecular weight is 190 g/mol. The van der Waals surface area contributed by atoms with Gasteiger partial charge in [-0.25, -0.2) is 0 Å². The molecule has 76 valence electrons. The number of carbonyl (C=O) groups excluding carboxylic acids is 1. The highest BCUT2D eigenvalue weighted by Gasteiger charge is 2.02. The van der Waals surface area contributed by atoms with Gasteiger partial charge in [-0.15, -0.1) is 0 Å². The molecule has 0 N–H and O–H groups in total. The van der Waals surface area contributed by atoms with E-state index in [0.29, 0.717) is 12.2 Å². The fourth-order valence-electron chi connectivity index (χ4n) is 1.48. The molecule has 1 aromatic carbocycles. The van der Waals surface area contributed by atoms with Crippen LogP contribution in [-0.4, -0.2) is 5.78 Å². The van der Waals surface area contributed by atoms with Gasteiger partial charge < -0.3 is 0 Å². The number of hydrogen-bond acceptors (Lipinski definition) is 1. The summed E-state index contributed by atoms with van der Waals surface area (Å²) in [5, 5.41) is 0. The van der Waals surface area contributed by atoms with Gasteiger partial charge in [-0.05, 0) is 12.0 Å². The van der Waals surface area contributed by atoms with E-state index >= 15 is 0 Å². The quantitative estimate of drug-likeness (QED) is 0.628. The largest absolute Gasteiger partial charge is 0.299 e. The highest BCUT2D eigenvalue weighted by molar-refractivity contribution is 5.80. The number of benzene rings is 1. The molecule has 0 spiro atoms. The molecule has 1 aromatic rings. The van der Waals surface area contributed by atoms with Crippen LogP contribution >= 0.6 is 0 Å². The van der Waals surface area contributed by atoms with Gasteiger partial charge in [0.05, 0.1) is 0 Å². The molecule has 1 nitrogen and oxygen atoms in total. The van der Waals surface area contributed by atoms with Crippen LogP contribution in [0.25, 0.3) is 0 Å². The number of ketones is 1. The maximum Gasteiger partial charge on any atom is 0.137 e. The average Bonchev–Trinajstić information content (AvgIpc) is 2.20. The fraction of sp³-hybridized carbons (Fsp3) is 0.462. The smallest absolute Gasteiger partial charge is 0.137 e. The Labute approximate surface area is 86.1 Å². The predicted molar refractivity (Wildman–Crippen MR) is 59.3 cm³/mol. The third-order valence-corrected chi connectivity index (χ3v) is 2.30. The molecular formula is C13H18O. The standard InChI is InChI=1S/C13H18O/c1-2-3-5-10-13(14)11-12-8-6-4-7-9-12/h4,6-9H,2-3,5,10-11H2,1H3. The van der Waals surface area contributed by atoms with E-state index in [1.165, 1.54) is 12.8 Å². The predicted octanol–water partition coefficient (Wildman–Crippen LogP) is 3.38. The molecule has 0 saturated heterocycles. The molecule has 0 amide bonds. The van der Waals surface area contributed by atoms with E-state index < -0.39 is 0 Å². The van der Waals surface area contributed by atoms with Gasteiger partial charge in [0, 0.05) is 12.8 Å². The Morgan fingerprint density at radius 1 is 1.14 bits per heavy atom. The third kappa shape index (κ3) is 4.22. The van der Waals surface area contributed by atoms with Crippen LogP contribution in [0.2, 0.25) is 0 Å². The monoisotopic (exact) mass is 190 g/mol. The zero-order valence-electron chi connectivity index (χ0n) is 8.83. The summed E-state index contributed by atoms with van der Waals surface area (Å²) in [6, 6.07) is 9.96. The minimum absolute atomic E-state index is 0.365. The first-order chi connectivity index (χ1) is 6.83. The molecule has 14 heavy (non-hydrogen) atoms. The van der Waals surface area contributed by atoms with Crippen LogP contribution in [-0.2, 0) is 11.2 Å². The van der Waals surface area contributed by atoms with Crippen LogP contribution in [0.3, 0.4) is 0 Å². The van der Waals surface area contributed by atoms with Crippen molar-refractivity contribution in [1.82, 2.24) is 0 Å². The van der Waals surface area contributed by atoms with Crippen LogP contribution in [0.5, 0.6) is 0 Å². The molecule has 0 saturated carbocycles. The lowest BCUT2D eigenvalue weighted by molar-refractivity contribution is -0.118. The number of unbranched alkanes of at least 4 members (excludes halogenated alkanes) is 2. The highest BCUT2D eigenvalue weighted by atomic mass is 16.1. The molecule has 0 radical (unpaired) electrons. The molecule has 0 unspecified atom stereocenters. The van der Waals surface area contributed by atoms with Crippen molar-refractivity contribution >= 4 is 5.78 Å². The van der Waals surface area contributed by atoms with Gasteiger partial charge in [0.25, 0.3) is 0 Å². The molecular weight excluding hydrogens is 172 g/mol. The van der Waals surface area contributed by atoms with Gasteiger partial charge in [-0.3, -0.25) is 4.79 Å². The van der Waals surface area contributed by atoms with Gasteiger partial charge in [0.2, 0.25) is 0 Å². The Bertz CT molecular complexity index is 264. The summed E-state index contributed by atoms with van der Waals surface area (Å²) in [7, 11) is 0. The molecule has 1 heteroatoms. The lowest BCUT2D eigenvalue weighted by atomic mass is 10.0. The van der Waals surface area contributed by atoms with Crippen LogP contribution in [0.1, 0.15) is 38.2 Å². The second-order valence-electron chi connectivity index (χ2n) is 3.66. The molecule has 0 aliphatic rings. The lowest BCUT2D eigenvalue weighted by Crippen LogP contribution is -2.01. The van der Waals surface area contributed by atoms with Crippen molar-refractivity contribution < 1.29 is 4.79 Å². The van der Waals surface area contributed by atoms with Gasteiger partial charge >= 0.3 is 0 Å². The molecule has 0 aliphatic heterocycles. The Morgan fingerprint density at radius 2 is 1.86 bits per heavy atom. The Morgan fingerprint density at radius 3 is 2.50 bits per heavy atom. The van der Waals surface area contributed by atoms with Crippen LogP contribution in [0.4, 0.5) is 0 Å². The van der Waals surface area contributed by atoms with Crippen LogP contribution in [0.15, 0.2) is 30.3 Å². The van der Waals surface area contributed by atoms with E-state index in [0.717, 1.165) is 18.4 Å². The minimum Gasteiger partial charge on any atom is -0.299 e. The van der Waals surface area contributed by atoms with E-state index in [2.05, 4.69) is 6.92 Å². The summed E-state index contributed by atoms with van der Waals surface area (Å²) in [5.74, 6) is 0.365. The van der Waals surface area contributed by atoms with Gasteiger partial charge in [-0.2, -0.15) is 0 Å². The lowest BCUT2D eigenvalue weighted by Gasteiger charge is -2.00. The minimum atomic E-state index is 0.365. The van der Waals surface area contributed by atoms with Crippen LogP contribution in [0, 0.1) is 0 Å². The molecule has 0 atom stereocenters. The summed E-state index contributed by atoms with van der Waals surface area (Å²) >= 11 is 0. The first-order valence-corrected chi connectivity index (χ1v) is 5.38. The van der Waals surface area contributed by atoms with Crippen molar-refractivity contribution in [3.05, 3.63) is 35.9 Å². The van der Waals surface area contributed by atoms with E-state index in [1.807, 2.05) is 30.3 Å². The molecule has 0 bridgehead atoms. The zero-order chi connectivity index (χ0) is 10.2. The van der Waals surface area contributed by atoms with Gasteiger partial charge in [0.1, 0.15) is 5.78 Å². The molecule has 0 fully saturated rings. The van der Waals surface area contributed by atoms with Crippen molar-refractivity contribution in [2.75, 3.05) is 0 Å². The third-order valence-electron chi connectivity index (χ3n) is 2.30. The summed E-state index contributed by atoms with van der Waals surface area (Å²) in [4.78, 5) is 11.5. The fourth-order valence-corrected chi connectivity index (χ4v) is 1.48. The molecule has 0 aromatic heterocycles. The van der Waals surface area contributed by atoms with Crippen molar-refractivity contribution in [2.24, 2.45) is 0 Å². The Kier molecular flexibility index (Phi) is 4.98. The van der Waals surface area contributed by atoms with Crippen molar-refractivity contribution in [1.29, 1.82) is 0 Å². The first-order valence-electron chi connectivity index (χ1n) is 5.38. The topological polar surface area (TPSA) is 17.1 Å². The number of hydrogen-bond donors (Lipinski definition) is 0. The van der Waals surface area contributed by atoms with Crippen molar-refractivity contribution in [3.8, 4) is 0 Å². The summed E-state index contributed by atoms with van der Waals surface area (Å²) in [5.41, 5.74) is 1.13. The highest BCUT2D eigenvalue weighted by Crippen LogP contribution is 2.05. The Balaban J connectivity index is 2.27. The maximum absolute atomic E-state index is 11.5. The van der Waals surface area contributed by atoms with E-state index in [1.54, 1.807) is 0 Å². The van der Waals surface area contributed by atoms with E-state index in [4.69, 9.17) is 0 Å². The number of Topliss-reactive ketones (excluding diaryl/α,β-unsaturated/α-hetero) is 1. The zero-order valence-corrected chi connectivity index (χ0v) is 8.83. The second-order valence-corrected chi connectivity index (χ2v) is 3.66. The molecule has 0 aliphatic carbocycles. The number of rotatable bonds is 6. The van der Waals surface area contributed by atoms with Crippen molar-refractivity contribution in [2.45, 2.75) is 39.0 Å². The van der Waals surface area contributed by atoms with Crippen molar-refractivity contribution in [3.63, 3.8) is 0 Å². The maximum atomic E-state index is 11.5. The summed E-state index contributed by atoms with van der Waals surface area (Å²) in [6.45, 7) is 2.15. The van der Waals surface area contributed by atoms with E-state index in [-0.39, 0.29) is 0 Å². The van der Waals surface area contributed by atoms with Gasteiger partial charge in [-0.1, -0.05) is 50.1 Å². The first kappa shape index (κ1) is 11.0. The van der Waals surface area contributed by atoms with Crippen LogP contribution < -0.4 is 0 Å². The second kappa shape index (κ2) is 6.36. The van der Waals surface area contributed by atoms with Gasteiger partial charge in [0.15, 0.2) is 0 Å². The normalized spacial score (nSPS) is 10.1. The summed E-state index contributed by atoms with van der Waals surface area (Å²) in [6.07, 6.45) is 4.73. The van der Waals surface area contributed by atoms with E-state index in [9.17, 15) is 4.79 Å². The molecule has 0 heterocycles. The SMILES string of the molecule is CCCCCC(=O)Cc1ccccc1. The Hall–Kier alpha value is -1.11. The number of carbonyl (C=O) groups is 1.